The van der Waals surface area contributed by atoms with Crippen molar-refractivity contribution in [3.8, 4) is 0 Å². The van der Waals surface area contributed by atoms with E-state index in [1.54, 1.807) is 0 Å². The van der Waals surface area contributed by atoms with Gasteiger partial charge in [-0.2, -0.15) is 0 Å². The Labute approximate surface area is 134 Å². The van der Waals surface area contributed by atoms with Crippen LogP contribution in [-0.4, -0.2) is 13.1 Å². The van der Waals surface area contributed by atoms with E-state index in [9.17, 15) is 0 Å². The summed E-state index contributed by atoms with van der Waals surface area (Å²) in [5, 5.41) is 5.08. The molecule has 0 aliphatic rings. The van der Waals surface area contributed by atoms with Gasteiger partial charge < -0.3 is 5.32 Å². The van der Waals surface area contributed by atoms with Crippen LogP contribution in [0, 0.1) is 11.3 Å². The second-order valence-electron chi connectivity index (χ2n) is 6.50. The van der Waals surface area contributed by atoms with Crippen molar-refractivity contribution in [2.75, 3.05) is 13.1 Å². The lowest BCUT2D eigenvalue weighted by molar-refractivity contribution is 0.271. The van der Waals surface area contributed by atoms with Crippen LogP contribution < -0.4 is 5.32 Å². The molecular weight excluding hydrogens is 289 g/mol. The molecule has 0 saturated carbocycles. The van der Waals surface area contributed by atoms with Crippen molar-refractivity contribution in [2.24, 2.45) is 11.3 Å². The van der Waals surface area contributed by atoms with Crippen molar-refractivity contribution in [2.45, 2.75) is 47.0 Å². The van der Waals surface area contributed by atoms with Crippen LogP contribution in [-0.2, 0) is 6.42 Å². The molecule has 0 heterocycles. The highest BCUT2D eigenvalue weighted by atomic mass is 35.5. The molecule has 1 rings (SSSR count). The van der Waals surface area contributed by atoms with Crippen molar-refractivity contribution in [3.05, 3.63) is 33.8 Å². The zero-order chi connectivity index (χ0) is 15.2. The summed E-state index contributed by atoms with van der Waals surface area (Å²) in [4.78, 5) is 0. The quantitative estimate of drug-likeness (QED) is 0.659. The summed E-state index contributed by atoms with van der Waals surface area (Å²) < 4.78 is 0. The summed E-state index contributed by atoms with van der Waals surface area (Å²) in [5.41, 5.74) is 1.43. The highest BCUT2D eigenvalue weighted by molar-refractivity contribution is 6.35. The molecule has 0 bridgehead atoms. The fraction of sp³-hybridized carbons (Fsp3) is 0.647. The molecule has 0 fully saturated rings. The third-order valence-electron chi connectivity index (χ3n) is 3.59. The van der Waals surface area contributed by atoms with Crippen LogP contribution in [0.25, 0.3) is 0 Å². The Kier molecular flexibility index (Phi) is 7.36. The first-order valence-corrected chi connectivity index (χ1v) is 8.26. The number of halogens is 2. The lowest BCUT2D eigenvalue weighted by Crippen LogP contribution is -2.35. The van der Waals surface area contributed by atoms with Crippen LogP contribution in [0.5, 0.6) is 0 Å². The van der Waals surface area contributed by atoms with Gasteiger partial charge in [-0.15, -0.1) is 0 Å². The minimum atomic E-state index is 0.237. The molecular formula is C17H27Cl2N. The molecule has 1 atom stereocenters. The molecule has 1 unspecified atom stereocenters. The maximum Gasteiger partial charge on any atom is 0.0453 e. The molecule has 0 spiro atoms. The highest BCUT2D eigenvalue weighted by Gasteiger charge is 2.24. The molecule has 3 heteroatoms. The van der Waals surface area contributed by atoms with Gasteiger partial charge in [-0.25, -0.2) is 0 Å². The molecule has 1 aromatic rings. The Bertz CT molecular complexity index is 417. The second-order valence-corrected chi connectivity index (χ2v) is 7.34. The smallest absolute Gasteiger partial charge is 0.0453 e. The maximum atomic E-state index is 6.32. The predicted octanol–water partition coefficient (Wildman–Crippen LogP) is 5.59. The van der Waals surface area contributed by atoms with Gasteiger partial charge in [-0.3, -0.25) is 0 Å². The van der Waals surface area contributed by atoms with Crippen LogP contribution >= 0.6 is 23.2 Å². The van der Waals surface area contributed by atoms with Gasteiger partial charge in [0.2, 0.25) is 0 Å². The van der Waals surface area contributed by atoms with Gasteiger partial charge in [0.15, 0.2) is 0 Å². The summed E-state index contributed by atoms with van der Waals surface area (Å²) in [6, 6.07) is 5.82. The monoisotopic (exact) mass is 315 g/mol. The summed E-state index contributed by atoms with van der Waals surface area (Å²) in [6.45, 7) is 11.1. The largest absolute Gasteiger partial charge is 0.316 e. The number of hydrogen-bond acceptors (Lipinski definition) is 1. The van der Waals surface area contributed by atoms with E-state index in [1.165, 1.54) is 18.4 Å². The van der Waals surface area contributed by atoms with E-state index in [1.807, 2.05) is 12.1 Å². The average molecular weight is 316 g/mol. The molecule has 0 aliphatic carbocycles. The van der Waals surface area contributed by atoms with Crippen molar-refractivity contribution in [1.82, 2.24) is 5.32 Å². The van der Waals surface area contributed by atoms with Crippen molar-refractivity contribution in [1.29, 1.82) is 0 Å². The molecule has 0 aliphatic heterocycles. The number of benzene rings is 1. The fourth-order valence-corrected chi connectivity index (χ4v) is 3.11. The van der Waals surface area contributed by atoms with Crippen LogP contribution in [0.4, 0.5) is 0 Å². The summed E-state index contributed by atoms with van der Waals surface area (Å²) >= 11 is 12.3. The first kappa shape index (κ1) is 17.8. The Balaban J connectivity index is 2.73. The summed E-state index contributed by atoms with van der Waals surface area (Å²) in [5.74, 6) is 0.681. The zero-order valence-electron chi connectivity index (χ0n) is 13.1. The molecule has 0 radical (unpaired) electrons. The Morgan fingerprint density at radius 2 is 1.95 bits per heavy atom. The molecule has 20 heavy (non-hydrogen) atoms. The molecule has 1 nitrogen and oxygen atoms in total. The van der Waals surface area contributed by atoms with Crippen LogP contribution in [0.15, 0.2) is 18.2 Å². The zero-order valence-corrected chi connectivity index (χ0v) is 14.6. The SMILES string of the molecule is CCCC(C)(CNCC(C)C)Cc1ccc(Cl)cc1Cl. The van der Waals surface area contributed by atoms with E-state index < -0.39 is 0 Å². The third-order valence-corrected chi connectivity index (χ3v) is 4.18. The van der Waals surface area contributed by atoms with E-state index >= 15 is 0 Å². The van der Waals surface area contributed by atoms with Crippen LogP contribution in [0.2, 0.25) is 10.0 Å². The lowest BCUT2D eigenvalue weighted by Gasteiger charge is -2.31. The first-order chi connectivity index (χ1) is 9.36. The van der Waals surface area contributed by atoms with E-state index in [4.69, 9.17) is 23.2 Å². The van der Waals surface area contributed by atoms with E-state index in [0.717, 1.165) is 24.5 Å². The van der Waals surface area contributed by atoms with E-state index in [2.05, 4.69) is 39.1 Å². The Morgan fingerprint density at radius 3 is 2.50 bits per heavy atom. The topological polar surface area (TPSA) is 12.0 Å². The first-order valence-electron chi connectivity index (χ1n) is 7.51. The van der Waals surface area contributed by atoms with Crippen LogP contribution in [0.3, 0.4) is 0 Å². The Hall–Kier alpha value is -0.240. The van der Waals surface area contributed by atoms with Gasteiger partial charge in [0.05, 0.1) is 0 Å². The summed E-state index contributed by atoms with van der Waals surface area (Å²) in [7, 11) is 0. The van der Waals surface area contributed by atoms with Crippen molar-refractivity contribution >= 4 is 23.2 Å². The Morgan fingerprint density at radius 1 is 1.25 bits per heavy atom. The van der Waals surface area contributed by atoms with Gasteiger partial charge in [-0.1, -0.05) is 63.4 Å². The number of hydrogen-bond donors (Lipinski definition) is 1. The molecule has 0 amide bonds. The van der Waals surface area contributed by atoms with E-state index in [-0.39, 0.29) is 5.41 Å². The fourth-order valence-electron chi connectivity index (χ4n) is 2.63. The molecule has 0 saturated heterocycles. The molecule has 114 valence electrons. The van der Waals surface area contributed by atoms with Crippen molar-refractivity contribution in [3.63, 3.8) is 0 Å². The molecule has 1 N–H and O–H groups in total. The lowest BCUT2D eigenvalue weighted by atomic mass is 9.79. The van der Waals surface area contributed by atoms with Gasteiger partial charge in [0.25, 0.3) is 0 Å². The number of rotatable bonds is 8. The number of nitrogens with one attached hydrogen (secondary N) is 1. The minimum absolute atomic E-state index is 0.237. The minimum Gasteiger partial charge on any atom is -0.316 e. The van der Waals surface area contributed by atoms with Gasteiger partial charge in [0, 0.05) is 16.6 Å². The second kappa shape index (κ2) is 8.26. The summed E-state index contributed by atoms with van der Waals surface area (Å²) in [6.07, 6.45) is 3.37. The normalized spacial score (nSPS) is 14.6. The predicted molar refractivity (Wildman–Crippen MR) is 90.9 cm³/mol. The van der Waals surface area contributed by atoms with E-state index in [0.29, 0.717) is 10.9 Å². The highest BCUT2D eigenvalue weighted by Crippen LogP contribution is 2.31. The molecule has 0 aromatic heterocycles. The van der Waals surface area contributed by atoms with Crippen molar-refractivity contribution < 1.29 is 0 Å². The average Bonchev–Trinajstić information content (AvgIpc) is 2.33. The standard InChI is InChI=1S/C17H27Cl2N/c1-5-8-17(4,12-20-11-13(2)3)10-14-6-7-15(18)9-16(14)19/h6-7,9,13,20H,5,8,10-12H2,1-4H3. The third kappa shape index (κ3) is 6.03. The molecule has 1 aromatic carbocycles. The van der Waals surface area contributed by atoms with Gasteiger partial charge >= 0.3 is 0 Å². The van der Waals surface area contributed by atoms with Crippen LogP contribution in [0.1, 0.15) is 46.1 Å². The maximum absolute atomic E-state index is 6.32. The van der Waals surface area contributed by atoms with Gasteiger partial charge in [0.1, 0.15) is 0 Å². The van der Waals surface area contributed by atoms with Gasteiger partial charge in [-0.05, 0) is 48.4 Å².